The first-order valence-electron chi connectivity index (χ1n) is 5.44. The Labute approximate surface area is 101 Å². The van der Waals surface area contributed by atoms with Gasteiger partial charge < -0.3 is 0 Å². The lowest BCUT2D eigenvalue weighted by atomic mass is 10.0. The van der Waals surface area contributed by atoms with Crippen LogP contribution in [0, 0.1) is 11.8 Å². The van der Waals surface area contributed by atoms with E-state index in [9.17, 15) is 4.79 Å². The number of hydrogen-bond acceptors (Lipinski definition) is 1. The standard InChI is InChI=1S/C16H12O/c1-13(17)16-10-6-5-9-15(16)12-11-14-7-3-2-4-8-14/h2-10H,1H3. The molecule has 0 radical (unpaired) electrons. The molecule has 0 N–H and O–H groups in total. The van der Waals surface area contributed by atoms with E-state index in [4.69, 9.17) is 0 Å². The van der Waals surface area contributed by atoms with Crippen LogP contribution in [0.25, 0.3) is 0 Å². The van der Waals surface area contributed by atoms with Crippen molar-refractivity contribution in [3.05, 3.63) is 71.3 Å². The quantitative estimate of drug-likeness (QED) is 0.532. The van der Waals surface area contributed by atoms with Crippen LogP contribution in [0.4, 0.5) is 0 Å². The molecule has 17 heavy (non-hydrogen) atoms. The van der Waals surface area contributed by atoms with Crippen LogP contribution in [-0.4, -0.2) is 5.78 Å². The lowest BCUT2D eigenvalue weighted by Gasteiger charge is -1.98. The Balaban J connectivity index is 2.38. The van der Waals surface area contributed by atoms with E-state index in [2.05, 4.69) is 11.8 Å². The molecule has 0 saturated carbocycles. The van der Waals surface area contributed by atoms with Crippen molar-refractivity contribution in [3.63, 3.8) is 0 Å². The highest BCUT2D eigenvalue weighted by Crippen LogP contribution is 2.08. The summed E-state index contributed by atoms with van der Waals surface area (Å²) in [6.45, 7) is 1.56. The molecule has 1 nitrogen and oxygen atoms in total. The molecule has 0 bridgehead atoms. The Kier molecular flexibility index (Phi) is 3.37. The Morgan fingerprint density at radius 2 is 1.53 bits per heavy atom. The van der Waals surface area contributed by atoms with Crippen molar-refractivity contribution in [1.82, 2.24) is 0 Å². The summed E-state index contributed by atoms with van der Waals surface area (Å²) in [7, 11) is 0. The van der Waals surface area contributed by atoms with E-state index in [0.717, 1.165) is 11.1 Å². The van der Waals surface area contributed by atoms with Gasteiger partial charge in [0.25, 0.3) is 0 Å². The van der Waals surface area contributed by atoms with E-state index in [-0.39, 0.29) is 5.78 Å². The summed E-state index contributed by atoms with van der Waals surface area (Å²) in [6, 6.07) is 17.2. The Morgan fingerprint density at radius 1 is 0.882 bits per heavy atom. The van der Waals surface area contributed by atoms with Gasteiger partial charge in [-0.3, -0.25) is 4.79 Å². The average molecular weight is 220 g/mol. The van der Waals surface area contributed by atoms with Gasteiger partial charge in [-0.05, 0) is 25.1 Å². The highest BCUT2D eigenvalue weighted by molar-refractivity contribution is 5.96. The van der Waals surface area contributed by atoms with Crippen molar-refractivity contribution in [3.8, 4) is 11.8 Å². The number of benzene rings is 2. The maximum absolute atomic E-state index is 11.4. The Hall–Kier alpha value is -2.33. The molecule has 0 saturated heterocycles. The third kappa shape index (κ3) is 2.83. The van der Waals surface area contributed by atoms with E-state index in [1.807, 2.05) is 48.5 Å². The fraction of sp³-hybridized carbons (Fsp3) is 0.0625. The molecule has 0 amide bonds. The van der Waals surface area contributed by atoms with Gasteiger partial charge in [0.15, 0.2) is 5.78 Å². The van der Waals surface area contributed by atoms with Gasteiger partial charge in [0.1, 0.15) is 0 Å². The molecule has 0 aliphatic carbocycles. The van der Waals surface area contributed by atoms with Crippen LogP contribution in [0.2, 0.25) is 0 Å². The van der Waals surface area contributed by atoms with E-state index < -0.39 is 0 Å². The third-order valence-corrected chi connectivity index (χ3v) is 2.42. The highest BCUT2D eigenvalue weighted by atomic mass is 16.1. The smallest absolute Gasteiger partial charge is 0.161 e. The van der Waals surface area contributed by atoms with Crippen molar-refractivity contribution in [2.24, 2.45) is 0 Å². The van der Waals surface area contributed by atoms with Crippen LogP contribution in [0.15, 0.2) is 54.6 Å². The van der Waals surface area contributed by atoms with Crippen LogP contribution >= 0.6 is 0 Å². The molecule has 1 heteroatoms. The second-order valence-corrected chi connectivity index (χ2v) is 3.72. The highest BCUT2D eigenvalue weighted by Gasteiger charge is 2.02. The van der Waals surface area contributed by atoms with Crippen LogP contribution in [0.5, 0.6) is 0 Å². The summed E-state index contributed by atoms with van der Waals surface area (Å²) in [5.41, 5.74) is 2.41. The predicted molar refractivity (Wildman–Crippen MR) is 68.9 cm³/mol. The molecule has 0 aromatic heterocycles. The molecule has 0 aliphatic heterocycles. The maximum Gasteiger partial charge on any atom is 0.161 e. The molecular weight excluding hydrogens is 208 g/mol. The lowest BCUT2D eigenvalue weighted by molar-refractivity contribution is 0.101. The first kappa shape index (κ1) is 11.2. The van der Waals surface area contributed by atoms with Gasteiger partial charge in [0.05, 0.1) is 0 Å². The average Bonchev–Trinajstić information content (AvgIpc) is 2.38. The number of Topliss-reactive ketones (excluding diaryl/α,β-unsaturated/α-hetero) is 1. The van der Waals surface area contributed by atoms with Crippen molar-refractivity contribution >= 4 is 5.78 Å². The first-order chi connectivity index (χ1) is 8.27. The summed E-state index contributed by atoms with van der Waals surface area (Å²) in [5, 5.41) is 0. The fourth-order valence-electron chi connectivity index (χ4n) is 1.56. The summed E-state index contributed by atoms with van der Waals surface area (Å²) in [5.74, 6) is 6.14. The molecule has 0 atom stereocenters. The minimum Gasteiger partial charge on any atom is -0.294 e. The van der Waals surface area contributed by atoms with Crippen LogP contribution in [-0.2, 0) is 0 Å². The second kappa shape index (κ2) is 5.14. The van der Waals surface area contributed by atoms with E-state index in [1.165, 1.54) is 0 Å². The van der Waals surface area contributed by atoms with E-state index >= 15 is 0 Å². The number of rotatable bonds is 1. The topological polar surface area (TPSA) is 17.1 Å². The molecule has 2 aromatic rings. The van der Waals surface area contributed by atoms with Gasteiger partial charge >= 0.3 is 0 Å². The molecule has 0 aliphatic rings. The SMILES string of the molecule is CC(=O)c1ccccc1C#Cc1ccccc1. The third-order valence-electron chi connectivity index (χ3n) is 2.42. The molecule has 82 valence electrons. The molecule has 0 heterocycles. The lowest BCUT2D eigenvalue weighted by Crippen LogP contribution is -1.95. The maximum atomic E-state index is 11.4. The summed E-state index contributed by atoms with van der Waals surface area (Å²) < 4.78 is 0. The van der Waals surface area contributed by atoms with Gasteiger partial charge in [0.2, 0.25) is 0 Å². The minimum atomic E-state index is 0.0444. The second-order valence-electron chi connectivity index (χ2n) is 3.72. The Bertz CT molecular complexity index is 586. The van der Waals surface area contributed by atoms with Gasteiger partial charge in [0, 0.05) is 16.7 Å². The number of ketones is 1. The van der Waals surface area contributed by atoms with Crippen LogP contribution < -0.4 is 0 Å². The van der Waals surface area contributed by atoms with E-state index in [1.54, 1.807) is 13.0 Å². The summed E-state index contributed by atoms with van der Waals surface area (Å²) in [6.07, 6.45) is 0. The normalized spacial score (nSPS) is 9.24. The molecular formula is C16H12O. The summed E-state index contributed by atoms with van der Waals surface area (Å²) >= 11 is 0. The molecule has 0 spiro atoms. The van der Waals surface area contributed by atoms with Crippen molar-refractivity contribution in [2.45, 2.75) is 6.92 Å². The molecule has 0 unspecified atom stereocenters. The van der Waals surface area contributed by atoms with Crippen LogP contribution in [0.1, 0.15) is 28.4 Å². The first-order valence-corrected chi connectivity index (χ1v) is 5.44. The van der Waals surface area contributed by atoms with Gasteiger partial charge in [-0.2, -0.15) is 0 Å². The van der Waals surface area contributed by atoms with Crippen LogP contribution in [0.3, 0.4) is 0 Å². The number of carbonyl (C=O) groups excluding carboxylic acids is 1. The van der Waals surface area contributed by atoms with Crippen molar-refractivity contribution < 1.29 is 4.79 Å². The molecule has 2 rings (SSSR count). The number of carbonyl (C=O) groups is 1. The predicted octanol–water partition coefficient (Wildman–Crippen LogP) is 3.29. The number of hydrogen-bond donors (Lipinski definition) is 0. The van der Waals surface area contributed by atoms with E-state index in [0.29, 0.717) is 5.56 Å². The minimum absolute atomic E-state index is 0.0444. The zero-order valence-corrected chi connectivity index (χ0v) is 9.60. The van der Waals surface area contributed by atoms with Crippen molar-refractivity contribution in [2.75, 3.05) is 0 Å². The molecule has 2 aromatic carbocycles. The monoisotopic (exact) mass is 220 g/mol. The Morgan fingerprint density at radius 3 is 2.24 bits per heavy atom. The van der Waals surface area contributed by atoms with Gasteiger partial charge in [-0.25, -0.2) is 0 Å². The van der Waals surface area contributed by atoms with Crippen molar-refractivity contribution in [1.29, 1.82) is 0 Å². The fourth-order valence-corrected chi connectivity index (χ4v) is 1.56. The van der Waals surface area contributed by atoms with Gasteiger partial charge in [-0.1, -0.05) is 48.2 Å². The largest absolute Gasteiger partial charge is 0.294 e. The zero-order chi connectivity index (χ0) is 12.1. The molecule has 0 fully saturated rings. The van der Waals surface area contributed by atoms with Gasteiger partial charge in [-0.15, -0.1) is 0 Å². The summed E-state index contributed by atoms with van der Waals surface area (Å²) in [4.78, 5) is 11.4. The zero-order valence-electron chi connectivity index (χ0n) is 9.60.